The third-order valence-electron chi connectivity index (χ3n) is 2.88. The highest BCUT2D eigenvalue weighted by molar-refractivity contribution is 5.96. The van der Waals surface area contributed by atoms with Crippen LogP contribution in [0.25, 0.3) is 0 Å². The normalized spacial score (nSPS) is 19.1. The Morgan fingerprint density at radius 1 is 1.33 bits per heavy atom. The van der Waals surface area contributed by atoms with Gasteiger partial charge in [-0.05, 0) is 25.5 Å². The van der Waals surface area contributed by atoms with Crippen LogP contribution in [0.15, 0.2) is 29.3 Å². The van der Waals surface area contributed by atoms with E-state index in [-0.39, 0.29) is 0 Å². The lowest BCUT2D eigenvalue weighted by Gasteiger charge is -2.25. The summed E-state index contributed by atoms with van der Waals surface area (Å²) in [4.78, 5) is 4.63. The fourth-order valence-corrected chi connectivity index (χ4v) is 1.94. The second-order valence-corrected chi connectivity index (χ2v) is 4.11. The Morgan fingerprint density at radius 3 is 2.93 bits per heavy atom. The van der Waals surface area contributed by atoms with Gasteiger partial charge in [-0.2, -0.15) is 0 Å². The van der Waals surface area contributed by atoms with E-state index in [4.69, 9.17) is 0 Å². The highest BCUT2D eigenvalue weighted by Gasteiger charge is 2.17. The van der Waals surface area contributed by atoms with Gasteiger partial charge in [0.1, 0.15) is 0 Å². The molecule has 15 heavy (non-hydrogen) atoms. The topological polar surface area (TPSA) is 24.4 Å². The molecule has 0 aromatic heterocycles. The molecule has 1 N–H and O–H groups in total. The first-order valence-corrected chi connectivity index (χ1v) is 5.72. The first kappa shape index (κ1) is 10.2. The summed E-state index contributed by atoms with van der Waals surface area (Å²) in [5, 5.41) is 3.55. The molecular weight excluding hydrogens is 184 g/mol. The maximum absolute atomic E-state index is 4.63. The van der Waals surface area contributed by atoms with E-state index in [1.165, 1.54) is 30.7 Å². The van der Waals surface area contributed by atoms with Crippen LogP contribution in [0.4, 0.5) is 11.4 Å². The van der Waals surface area contributed by atoms with Crippen molar-refractivity contribution >= 4 is 17.1 Å². The van der Waals surface area contributed by atoms with Crippen molar-refractivity contribution in [2.24, 2.45) is 4.99 Å². The Bertz CT molecular complexity index is 369. The minimum absolute atomic E-state index is 0.430. The number of anilines is 1. The molecule has 1 heterocycles. The van der Waals surface area contributed by atoms with E-state index >= 15 is 0 Å². The van der Waals surface area contributed by atoms with E-state index in [1.807, 2.05) is 6.07 Å². The first-order valence-electron chi connectivity index (χ1n) is 5.72. The largest absolute Gasteiger partial charge is 0.375 e. The molecule has 0 fully saturated rings. The molecule has 0 saturated heterocycles. The number of unbranched alkanes of at least 4 members (excludes halogenated alkanes) is 1. The zero-order valence-corrected chi connectivity index (χ0v) is 9.46. The third kappa shape index (κ3) is 2.20. The molecule has 1 unspecified atom stereocenters. The predicted octanol–water partition coefficient (Wildman–Crippen LogP) is 3.76. The molecule has 1 aliphatic rings. The van der Waals surface area contributed by atoms with E-state index in [0.29, 0.717) is 6.04 Å². The molecule has 2 heteroatoms. The van der Waals surface area contributed by atoms with Crippen molar-refractivity contribution in [2.75, 3.05) is 5.32 Å². The number of fused-ring (bicyclic) bond motifs is 1. The molecule has 0 radical (unpaired) electrons. The third-order valence-corrected chi connectivity index (χ3v) is 2.88. The van der Waals surface area contributed by atoms with Gasteiger partial charge in [0.05, 0.1) is 17.4 Å². The molecule has 1 aromatic rings. The highest BCUT2D eigenvalue weighted by Crippen LogP contribution is 2.30. The Hall–Kier alpha value is -1.31. The summed E-state index contributed by atoms with van der Waals surface area (Å²) in [6, 6.07) is 8.68. The summed E-state index contributed by atoms with van der Waals surface area (Å²) < 4.78 is 0. The van der Waals surface area contributed by atoms with Crippen LogP contribution in [0.5, 0.6) is 0 Å². The zero-order chi connectivity index (χ0) is 10.7. The second-order valence-electron chi connectivity index (χ2n) is 4.11. The number of aliphatic imine (C=N–C) groups is 1. The molecule has 1 atom stereocenters. The molecular formula is C13H18N2. The number of hydrogen-bond donors (Lipinski definition) is 1. The summed E-state index contributed by atoms with van der Waals surface area (Å²) in [5.41, 5.74) is 3.45. The molecule has 1 aromatic carbocycles. The summed E-state index contributed by atoms with van der Waals surface area (Å²) in [7, 11) is 0. The minimum atomic E-state index is 0.430. The number of rotatable bonds is 3. The van der Waals surface area contributed by atoms with Crippen molar-refractivity contribution in [3.63, 3.8) is 0 Å². The fraction of sp³-hybridized carbons (Fsp3) is 0.462. The molecule has 2 nitrogen and oxygen atoms in total. The minimum Gasteiger partial charge on any atom is -0.375 e. The summed E-state index contributed by atoms with van der Waals surface area (Å²) in [6.45, 7) is 4.34. The van der Waals surface area contributed by atoms with Gasteiger partial charge in [0.15, 0.2) is 0 Å². The molecule has 0 amide bonds. The molecule has 80 valence electrons. The smallest absolute Gasteiger partial charge is 0.0861 e. The molecule has 0 bridgehead atoms. The average Bonchev–Trinajstić information content (AvgIpc) is 2.26. The van der Waals surface area contributed by atoms with Crippen LogP contribution in [-0.2, 0) is 0 Å². The Balaban J connectivity index is 2.17. The van der Waals surface area contributed by atoms with Crippen molar-refractivity contribution in [3.8, 4) is 0 Å². The Morgan fingerprint density at radius 2 is 2.13 bits per heavy atom. The van der Waals surface area contributed by atoms with Gasteiger partial charge in [0.2, 0.25) is 0 Å². The first-order chi connectivity index (χ1) is 7.31. The highest BCUT2D eigenvalue weighted by atomic mass is 15.0. The Labute approximate surface area is 91.4 Å². The van der Waals surface area contributed by atoms with Crippen LogP contribution in [-0.4, -0.2) is 11.8 Å². The summed E-state index contributed by atoms with van der Waals surface area (Å²) in [5.74, 6) is 0. The van der Waals surface area contributed by atoms with E-state index in [2.05, 4.69) is 42.4 Å². The zero-order valence-electron chi connectivity index (χ0n) is 9.46. The van der Waals surface area contributed by atoms with Crippen LogP contribution in [0.2, 0.25) is 0 Å². The molecule has 1 aliphatic heterocycles. The van der Waals surface area contributed by atoms with Gasteiger partial charge in [0, 0.05) is 5.71 Å². The molecule has 0 spiro atoms. The van der Waals surface area contributed by atoms with E-state index in [0.717, 1.165) is 5.69 Å². The van der Waals surface area contributed by atoms with Crippen LogP contribution >= 0.6 is 0 Å². The van der Waals surface area contributed by atoms with Crippen molar-refractivity contribution < 1.29 is 0 Å². The lowest BCUT2D eigenvalue weighted by Crippen LogP contribution is -2.29. The van der Waals surface area contributed by atoms with E-state index < -0.39 is 0 Å². The van der Waals surface area contributed by atoms with E-state index in [9.17, 15) is 0 Å². The lowest BCUT2D eigenvalue weighted by molar-refractivity contribution is 0.695. The van der Waals surface area contributed by atoms with Crippen molar-refractivity contribution in [1.82, 2.24) is 0 Å². The van der Waals surface area contributed by atoms with Gasteiger partial charge in [-0.25, -0.2) is 0 Å². The van der Waals surface area contributed by atoms with Gasteiger partial charge in [-0.1, -0.05) is 31.9 Å². The van der Waals surface area contributed by atoms with Crippen LogP contribution < -0.4 is 5.32 Å². The lowest BCUT2D eigenvalue weighted by atomic mass is 10.0. The maximum Gasteiger partial charge on any atom is 0.0861 e. The molecule has 0 aliphatic carbocycles. The van der Waals surface area contributed by atoms with Crippen LogP contribution in [0.3, 0.4) is 0 Å². The summed E-state index contributed by atoms with van der Waals surface area (Å²) >= 11 is 0. The monoisotopic (exact) mass is 202 g/mol. The number of hydrogen-bond acceptors (Lipinski definition) is 2. The predicted molar refractivity (Wildman–Crippen MR) is 66.1 cm³/mol. The van der Waals surface area contributed by atoms with E-state index in [1.54, 1.807) is 0 Å². The summed E-state index contributed by atoms with van der Waals surface area (Å²) in [6.07, 6.45) is 3.68. The van der Waals surface area contributed by atoms with Gasteiger partial charge in [-0.15, -0.1) is 0 Å². The van der Waals surface area contributed by atoms with Gasteiger partial charge < -0.3 is 5.32 Å². The number of para-hydroxylation sites is 2. The van der Waals surface area contributed by atoms with Crippen molar-refractivity contribution in [1.29, 1.82) is 0 Å². The number of nitrogens with one attached hydrogen (secondary N) is 1. The molecule has 0 saturated carbocycles. The number of nitrogens with zero attached hydrogens (tertiary/aromatic N) is 1. The average molecular weight is 202 g/mol. The van der Waals surface area contributed by atoms with Gasteiger partial charge in [0.25, 0.3) is 0 Å². The fourth-order valence-electron chi connectivity index (χ4n) is 1.94. The second kappa shape index (κ2) is 4.47. The SMILES string of the molecule is CCCCC1Nc2ccccc2N=C1C. The Kier molecular flexibility index (Phi) is 3.05. The van der Waals surface area contributed by atoms with Gasteiger partial charge >= 0.3 is 0 Å². The number of benzene rings is 1. The quantitative estimate of drug-likeness (QED) is 0.792. The maximum atomic E-state index is 4.63. The van der Waals surface area contributed by atoms with Crippen LogP contribution in [0, 0.1) is 0 Å². The van der Waals surface area contributed by atoms with Crippen LogP contribution in [0.1, 0.15) is 33.1 Å². The standard InChI is InChI=1S/C13H18N2/c1-3-4-7-11-10(2)14-12-8-5-6-9-13(12)15-11/h5-6,8-9,11,15H,3-4,7H2,1-2H3. The van der Waals surface area contributed by atoms with Crippen molar-refractivity contribution in [3.05, 3.63) is 24.3 Å². The van der Waals surface area contributed by atoms with Gasteiger partial charge in [-0.3, -0.25) is 4.99 Å². The molecule has 2 rings (SSSR count). The van der Waals surface area contributed by atoms with Crippen molar-refractivity contribution in [2.45, 2.75) is 39.2 Å².